The minimum absolute atomic E-state index is 0.412. The van der Waals surface area contributed by atoms with Crippen LogP contribution in [-0.2, 0) is 6.54 Å². The van der Waals surface area contributed by atoms with Gasteiger partial charge in [0.2, 0.25) is 0 Å². The van der Waals surface area contributed by atoms with Crippen molar-refractivity contribution in [3.63, 3.8) is 0 Å². The van der Waals surface area contributed by atoms with Crippen LogP contribution < -0.4 is 11.1 Å². The molecule has 4 nitrogen and oxygen atoms in total. The number of nitrogens with zero attached hydrogens (tertiary/aromatic N) is 2. The van der Waals surface area contributed by atoms with Gasteiger partial charge in [0.15, 0.2) is 5.96 Å². The summed E-state index contributed by atoms with van der Waals surface area (Å²) in [5.74, 6) is 0.991. The van der Waals surface area contributed by atoms with Crippen molar-refractivity contribution in [2.45, 2.75) is 32.7 Å². The van der Waals surface area contributed by atoms with E-state index in [0.29, 0.717) is 18.4 Å². The third-order valence-corrected chi connectivity index (χ3v) is 3.52. The maximum absolute atomic E-state index is 5.90. The van der Waals surface area contributed by atoms with Gasteiger partial charge < -0.3 is 11.1 Å². The average Bonchev–Trinajstić information content (AvgIpc) is 2.54. The van der Waals surface area contributed by atoms with Crippen LogP contribution in [0.4, 0.5) is 5.69 Å². The van der Waals surface area contributed by atoms with Crippen LogP contribution in [0.5, 0.6) is 0 Å². The van der Waals surface area contributed by atoms with Gasteiger partial charge in [0.1, 0.15) is 0 Å². The first-order chi connectivity index (χ1) is 10.2. The number of hydrogen-bond donors (Lipinski definition) is 2. The van der Waals surface area contributed by atoms with Crippen molar-refractivity contribution in [3.05, 3.63) is 59.9 Å². The number of hydrogen-bond acceptors (Lipinski definition) is 2. The highest BCUT2D eigenvalue weighted by molar-refractivity contribution is 5.92. The van der Waals surface area contributed by atoms with Gasteiger partial charge in [-0.15, -0.1) is 0 Å². The Bertz CT molecular complexity index is 575. The lowest BCUT2D eigenvalue weighted by Gasteiger charge is -2.10. The molecule has 0 saturated heterocycles. The number of nitrogens with one attached hydrogen (secondary N) is 1. The summed E-state index contributed by atoms with van der Waals surface area (Å²) in [5.41, 5.74) is 9.23. The molecule has 2 rings (SSSR count). The molecule has 2 aromatic rings. The number of rotatable bonds is 5. The van der Waals surface area contributed by atoms with Crippen LogP contribution in [0.3, 0.4) is 0 Å². The summed E-state index contributed by atoms with van der Waals surface area (Å²) in [6.07, 6.45) is 4.67. The standard InChI is InChI=1S/C17H22N4/c1-3-13(2)15-6-8-16(9-7-15)21-17(18)20-12-14-5-4-10-19-11-14/h4-11,13H,3,12H2,1-2H3,(H3,18,20,21). The molecule has 0 amide bonds. The molecule has 1 aromatic carbocycles. The molecule has 1 unspecified atom stereocenters. The molecule has 3 N–H and O–H groups in total. The van der Waals surface area contributed by atoms with Crippen molar-refractivity contribution in [1.82, 2.24) is 4.98 Å². The summed E-state index contributed by atoms with van der Waals surface area (Å²) in [5, 5.41) is 3.10. The van der Waals surface area contributed by atoms with E-state index in [4.69, 9.17) is 5.73 Å². The van der Waals surface area contributed by atoms with Gasteiger partial charge in [0.25, 0.3) is 0 Å². The fraction of sp³-hybridized carbons (Fsp3) is 0.294. The average molecular weight is 282 g/mol. The van der Waals surface area contributed by atoms with E-state index >= 15 is 0 Å². The number of benzene rings is 1. The van der Waals surface area contributed by atoms with Gasteiger partial charge in [-0.25, -0.2) is 4.99 Å². The smallest absolute Gasteiger partial charge is 0.193 e. The van der Waals surface area contributed by atoms with E-state index in [9.17, 15) is 0 Å². The quantitative estimate of drug-likeness (QED) is 0.651. The molecule has 4 heteroatoms. The molecule has 0 fully saturated rings. The predicted molar refractivity (Wildman–Crippen MR) is 88.3 cm³/mol. The monoisotopic (exact) mass is 282 g/mol. The first kappa shape index (κ1) is 15.0. The van der Waals surface area contributed by atoms with Crippen molar-refractivity contribution < 1.29 is 0 Å². The molecule has 0 aliphatic rings. The van der Waals surface area contributed by atoms with Gasteiger partial charge in [0.05, 0.1) is 6.54 Å². The second kappa shape index (κ2) is 7.43. The number of anilines is 1. The molecule has 0 aliphatic carbocycles. The third-order valence-electron chi connectivity index (χ3n) is 3.52. The molecule has 0 spiro atoms. The summed E-state index contributed by atoms with van der Waals surface area (Å²) in [6, 6.07) is 12.2. The van der Waals surface area contributed by atoms with Crippen LogP contribution >= 0.6 is 0 Å². The fourth-order valence-electron chi connectivity index (χ4n) is 1.99. The highest BCUT2D eigenvalue weighted by Gasteiger charge is 2.02. The van der Waals surface area contributed by atoms with Gasteiger partial charge in [-0.05, 0) is 41.7 Å². The van der Waals surface area contributed by atoms with E-state index in [2.05, 4.69) is 41.3 Å². The van der Waals surface area contributed by atoms with Gasteiger partial charge in [0, 0.05) is 18.1 Å². The zero-order chi connectivity index (χ0) is 15.1. The summed E-state index contributed by atoms with van der Waals surface area (Å²) in [7, 11) is 0. The molecule has 1 heterocycles. The maximum atomic E-state index is 5.90. The second-order valence-electron chi connectivity index (χ2n) is 5.12. The van der Waals surface area contributed by atoms with Crippen LogP contribution in [0, 0.1) is 0 Å². The van der Waals surface area contributed by atoms with Gasteiger partial charge in [-0.1, -0.05) is 32.0 Å². The Morgan fingerprint density at radius 1 is 1.29 bits per heavy atom. The second-order valence-corrected chi connectivity index (χ2v) is 5.12. The Hall–Kier alpha value is -2.36. The Kier molecular flexibility index (Phi) is 5.32. The lowest BCUT2D eigenvalue weighted by Crippen LogP contribution is -2.22. The lowest BCUT2D eigenvalue weighted by molar-refractivity contribution is 0.734. The summed E-state index contributed by atoms with van der Waals surface area (Å²) in [6.45, 7) is 4.95. The fourth-order valence-corrected chi connectivity index (χ4v) is 1.99. The number of guanidine groups is 1. The molecule has 1 atom stereocenters. The van der Waals surface area contributed by atoms with Crippen LogP contribution in [0.1, 0.15) is 37.3 Å². The van der Waals surface area contributed by atoms with Crippen molar-refractivity contribution in [1.29, 1.82) is 0 Å². The van der Waals surface area contributed by atoms with Gasteiger partial charge in [-0.2, -0.15) is 0 Å². The highest BCUT2D eigenvalue weighted by atomic mass is 15.1. The number of aromatic nitrogens is 1. The molecule has 1 aromatic heterocycles. The Labute approximate surface area is 126 Å². The van der Waals surface area contributed by atoms with Crippen LogP contribution in [0.15, 0.2) is 53.8 Å². The zero-order valence-electron chi connectivity index (χ0n) is 12.6. The SMILES string of the molecule is CCC(C)c1ccc(NC(N)=NCc2cccnc2)cc1. The van der Waals surface area contributed by atoms with E-state index in [1.54, 1.807) is 12.4 Å². The van der Waals surface area contributed by atoms with Crippen molar-refractivity contribution in [2.24, 2.45) is 10.7 Å². The summed E-state index contributed by atoms with van der Waals surface area (Å²) in [4.78, 5) is 8.36. The Balaban J connectivity index is 1.94. The topological polar surface area (TPSA) is 63.3 Å². The molecule has 110 valence electrons. The van der Waals surface area contributed by atoms with Gasteiger partial charge >= 0.3 is 0 Å². The zero-order valence-corrected chi connectivity index (χ0v) is 12.6. The first-order valence-electron chi connectivity index (χ1n) is 7.25. The van der Waals surface area contributed by atoms with Crippen LogP contribution in [0.25, 0.3) is 0 Å². The summed E-state index contributed by atoms with van der Waals surface area (Å²) >= 11 is 0. The largest absolute Gasteiger partial charge is 0.370 e. The summed E-state index contributed by atoms with van der Waals surface area (Å²) < 4.78 is 0. The van der Waals surface area contributed by atoms with E-state index < -0.39 is 0 Å². The molecular formula is C17H22N4. The van der Waals surface area contributed by atoms with Crippen LogP contribution in [0.2, 0.25) is 0 Å². The van der Waals surface area contributed by atoms with E-state index in [1.807, 2.05) is 24.3 Å². The normalized spacial score (nSPS) is 13.0. The molecule has 0 bridgehead atoms. The lowest BCUT2D eigenvalue weighted by atomic mass is 9.99. The molecule has 21 heavy (non-hydrogen) atoms. The number of aliphatic imine (C=N–C) groups is 1. The number of pyridine rings is 1. The first-order valence-corrected chi connectivity index (χ1v) is 7.25. The molecule has 0 aliphatic heterocycles. The predicted octanol–water partition coefficient (Wildman–Crippen LogP) is 3.52. The van der Waals surface area contributed by atoms with Crippen molar-refractivity contribution in [3.8, 4) is 0 Å². The van der Waals surface area contributed by atoms with Crippen molar-refractivity contribution in [2.75, 3.05) is 5.32 Å². The van der Waals surface area contributed by atoms with E-state index in [1.165, 1.54) is 5.56 Å². The Morgan fingerprint density at radius 2 is 2.05 bits per heavy atom. The third kappa shape index (κ3) is 4.60. The highest BCUT2D eigenvalue weighted by Crippen LogP contribution is 2.20. The number of nitrogens with two attached hydrogens (primary N) is 1. The van der Waals surface area contributed by atoms with Crippen molar-refractivity contribution >= 4 is 11.6 Å². The van der Waals surface area contributed by atoms with E-state index in [0.717, 1.165) is 17.7 Å². The maximum Gasteiger partial charge on any atom is 0.193 e. The molecular weight excluding hydrogens is 260 g/mol. The van der Waals surface area contributed by atoms with E-state index in [-0.39, 0.29) is 0 Å². The molecule has 0 radical (unpaired) electrons. The molecule has 0 saturated carbocycles. The minimum atomic E-state index is 0.412. The van der Waals surface area contributed by atoms with Crippen LogP contribution in [-0.4, -0.2) is 10.9 Å². The minimum Gasteiger partial charge on any atom is -0.370 e. The Morgan fingerprint density at radius 3 is 2.67 bits per heavy atom. The van der Waals surface area contributed by atoms with Gasteiger partial charge in [-0.3, -0.25) is 4.98 Å².